The topological polar surface area (TPSA) is 30.5 Å². The van der Waals surface area contributed by atoms with E-state index in [1.807, 2.05) is 0 Å². The van der Waals surface area contributed by atoms with Crippen molar-refractivity contribution in [2.45, 2.75) is 104 Å². The molecule has 2 N–H and O–H groups in total. The fraction of sp³-hybridized carbons (Fsp3) is 1.00. The molecule has 1 rings (SSSR count). The predicted octanol–water partition coefficient (Wildman–Crippen LogP) is 3.79. The summed E-state index contributed by atoms with van der Waals surface area (Å²) in [5, 5.41) is 0.557. The number of hydrogen-bond acceptors (Lipinski definition) is 4. The summed E-state index contributed by atoms with van der Waals surface area (Å²) in [5.74, 6) is 0. The van der Waals surface area contributed by atoms with Gasteiger partial charge in [-0.05, 0) is 51.6 Å². The van der Waals surface area contributed by atoms with Gasteiger partial charge < -0.3 is 0 Å². The standard InChI is InChI=1S/C16H38N4Si2/c1-13(2,3)17-19-21(15(7,8)9)20(18-14(4,5)6)22(19)16(10,11)12/h17-18H,1-12H3. The van der Waals surface area contributed by atoms with Gasteiger partial charge in [-0.2, -0.15) is 0 Å². The molecular formula is C16H38N4Si2. The van der Waals surface area contributed by atoms with Crippen LogP contribution in [0.1, 0.15) is 83.1 Å². The lowest BCUT2D eigenvalue weighted by atomic mass is 10.1. The zero-order valence-electron chi connectivity index (χ0n) is 16.9. The van der Waals surface area contributed by atoms with Crippen LogP contribution in [-0.4, -0.2) is 38.0 Å². The minimum absolute atomic E-state index is 0.107. The summed E-state index contributed by atoms with van der Waals surface area (Å²) >= 11 is 0. The highest BCUT2D eigenvalue weighted by Crippen LogP contribution is 2.45. The van der Waals surface area contributed by atoms with Crippen LogP contribution in [0.15, 0.2) is 0 Å². The maximum Gasteiger partial charge on any atom is 0.252 e. The Morgan fingerprint density at radius 3 is 0.864 bits per heavy atom. The SMILES string of the molecule is CC(C)(C)NN1[Si](C(C)(C)C)N(NC(C)(C)C)[Si]1C(C)(C)C. The summed E-state index contributed by atoms with van der Waals surface area (Å²) in [6.45, 7) is 27.8. The van der Waals surface area contributed by atoms with Crippen LogP contribution in [0.5, 0.6) is 0 Å². The van der Waals surface area contributed by atoms with Crippen molar-refractivity contribution in [3.63, 3.8) is 0 Å². The first-order valence-corrected chi connectivity index (χ1v) is 11.1. The summed E-state index contributed by atoms with van der Waals surface area (Å²) < 4.78 is 5.32. The van der Waals surface area contributed by atoms with Gasteiger partial charge in [-0.25, -0.2) is 0 Å². The lowest BCUT2D eigenvalue weighted by molar-refractivity contribution is 0.176. The molecule has 6 heteroatoms. The molecule has 0 bridgehead atoms. The first-order valence-electron chi connectivity index (χ1n) is 8.34. The van der Waals surface area contributed by atoms with E-state index in [9.17, 15) is 0 Å². The van der Waals surface area contributed by atoms with E-state index < -0.39 is 18.2 Å². The molecular weight excluding hydrogens is 304 g/mol. The van der Waals surface area contributed by atoms with Crippen molar-refractivity contribution in [3.05, 3.63) is 0 Å². The van der Waals surface area contributed by atoms with Crippen LogP contribution >= 0.6 is 0 Å². The zero-order valence-corrected chi connectivity index (χ0v) is 18.9. The first kappa shape index (κ1) is 20.3. The summed E-state index contributed by atoms with van der Waals surface area (Å²) in [6, 6.07) is 0. The molecule has 0 atom stereocenters. The third-order valence-electron chi connectivity index (χ3n) is 3.08. The van der Waals surface area contributed by atoms with E-state index >= 15 is 0 Å². The van der Waals surface area contributed by atoms with Crippen LogP contribution in [0.3, 0.4) is 0 Å². The Labute approximate surface area is 142 Å². The largest absolute Gasteiger partial charge is 0.261 e. The van der Waals surface area contributed by atoms with Gasteiger partial charge in [-0.3, -0.25) is 19.5 Å². The van der Waals surface area contributed by atoms with Gasteiger partial charge in [0, 0.05) is 11.1 Å². The lowest BCUT2D eigenvalue weighted by Crippen LogP contribution is -2.90. The van der Waals surface area contributed by atoms with E-state index in [0.29, 0.717) is 0 Å². The van der Waals surface area contributed by atoms with Crippen LogP contribution in [-0.2, 0) is 0 Å². The molecule has 0 aromatic rings. The first-order chi connectivity index (χ1) is 9.43. The van der Waals surface area contributed by atoms with Crippen LogP contribution in [0.4, 0.5) is 0 Å². The number of nitrogens with one attached hydrogen (secondary N) is 2. The summed E-state index contributed by atoms with van der Waals surface area (Å²) in [5.41, 5.74) is 7.87. The fourth-order valence-corrected chi connectivity index (χ4v) is 13.6. The molecule has 1 saturated heterocycles. The van der Waals surface area contributed by atoms with Gasteiger partial charge in [0.15, 0.2) is 0 Å². The number of rotatable bonds is 2. The molecule has 0 saturated carbocycles. The predicted molar refractivity (Wildman–Crippen MR) is 100 cm³/mol. The molecule has 1 heterocycles. The molecule has 1 aliphatic heterocycles. The van der Waals surface area contributed by atoms with Gasteiger partial charge in [0.1, 0.15) is 0 Å². The van der Waals surface area contributed by atoms with E-state index in [-0.39, 0.29) is 21.2 Å². The molecule has 0 spiro atoms. The van der Waals surface area contributed by atoms with Crippen LogP contribution in [0, 0.1) is 0 Å². The van der Waals surface area contributed by atoms with Crippen molar-refractivity contribution < 1.29 is 0 Å². The second-order valence-corrected chi connectivity index (χ2v) is 17.5. The maximum atomic E-state index is 3.83. The highest BCUT2D eigenvalue weighted by atomic mass is 28.4. The molecule has 0 unspecified atom stereocenters. The Balaban J connectivity index is 3.16. The minimum atomic E-state index is -0.847. The third kappa shape index (κ3) is 5.14. The molecule has 2 radical (unpaired) electrons. The van der Waals surface area contributed by atoms with Crippen molar-refractivity contribution in [1.82, 2.24) is 19.5 Å². The van der Waals surface area contributed by atoms with Crippen molar-refractivity contribution >= 4 is 18.2 Å². The Hall–Kier alpha value is 0.274. The van der Waals surface area contributed by atoms with E-state index in [1.165, 1.54) is 0 Å². The monoisotopic (exact) mass is 342 g/mol. The van der Waals surface area contributed by atoms with E-state index in [0.717, 1.165) is 0 Å². The van der Waals surface area contributed by atoms with Crippen LogP contribution in [0.2, 0.25) is 10.1 Å². The molecule has 0 aromatic heterocycles. The molecule has 22 heavy (non-hydrogen) atoms. The van der Waals surface area contributed by atoms with Gasteiger partial charge in [0.2, 0.25) is 0 Å². The second-order valence-electron chi connectivity index (χ2n) is 10.5. The zero-order chi connectivity index (χ0) is 17.7. The fourth-order valence-electron chi connectivity index (χ4n) is 2.58. The number of hydrazine groups is 2. The van der Waals surface area contributed by atoms with Crippen LogP contribution in [0.25, 0.3) is 0 Å². The average Bonchev–Trinajstić information content (AvgIpc) is 2.04. The van der Waals surface area contributed by atoms with Gasteiger partial charge >= 0.3 is 0 Å². The number of hydrogen-bond donors (Lipinski definition) is 2. The quantitative estimate of drug-likeness (QED) is 0.748. The highest BCUT2D eigenvalue weighted by molar-refractivity contribution is 6.88. The van der Waals surface area contributed by atoms with Gasteiger partial charge in [0.05, 0.1) is 0 Å². The minimum Gasteiger partial charge on any atom is -0.261 e. The normalized spacial score (nSPS) is 21.3. The Morgan fingerprint density at radius 1 is 0.500 bits per heavy atom. The summed E-state index contributed by atoms with van der Waals surface area (Å²) in [7, 11) is -1.69. The van der Waals surface area contributed by atoms with Crippen molar-refractivity contribution in [2.24, 2.45) is 0 Å². The molecule has 0 amide bonds. The van der Waals surface area contributed by atoms with Crippen molar-refractivity contribution in [1.29, 1.82) is 0 Å². The molecule has 1 aliphatic rings. The van der Waals surface area contributed by atoms with Crippen molar-refractivity contribution in [2.75, 3.05) is 0 Å². The molecule has 4 nitrogen and oxygen atoms in total. The molecule has 1 fully saturated rings. The van der Waals surface area contributed by atoms with E-state index in [4.69, 9.17) is 0 Å². The average molecular weight is 343 g/mol. The Morgan fingerprint density at radius 2 is 0.727 bits per heavy atom. The van der Waals surface area contributed by atoms with E-state index in [1.54, 1.807) is 0 Å². The molecule has 0 aliphatic carbocycles. The summed E-state index contributed by atoms with van der Waals surface area (Å²) in [4.78, 5) is 0. The summed E-state index contributed by atoms with van der Waals surface area (Å²) in [6.07, 6.45) is 0. The lowest BCUT2D eigenvalue weighted by Gasteiger charge is -2.64. The Kier molecular flexibility index (Phi) is 5.51. The third-order valence-corrected chi connectivity index (χ3v) is 10.4. The van der Waals surface area contributed by atoms with Crippen molar-refractivity contribution in [3.8, 4) is 0 Å². The smallest absolute Gasteiger partial charge is 0.252 e. The molecule has 0 aromatic carbocycles. The van der Waals surface area contributed by atoms with Gasteiger partial charge in [-0.15, -0.1) is 0 Å². The van der Waals surface area contributed by atoms with Gasteiger partial charge in [-0.1, -0.05) is 41.5 Å². The number of nitrogens with zero attached hydrogens (tertiary/aromatic N) is 2. The van der Waals surface area contributed by atoms with E-state index in [2.05, 4.69) is 103 Å². The van der Waals surface area contributed by atoms with Gasteiger partial charge in [0.25, 0.3) is 18.2 Å². The highest BCUT2D eigenvalue weighted by Gasteiger charge is 2.61. The van der Waals surface area contributed by atoms with Crippen LogP contribution < -0.4 is 10.9 Å². The maximum absolute atomic E-state index is 3.83. The Bertz CT molecular complexity index is 339. The molecule has 130 valence electrons. The second kappa shape index (κ2) is 5.97.